The van der Waals surface area contributed by atoms with E-state index in [1.807, 2.05) is 0 Å². The van der Waals surface area contributed by atoms with E-state index < -0.39 is 0 Å². The van der Waals surface area contributed by atoms with Crippen molar-refractivity contribution in [3.05, 3.63) is 36.0 Å². The number of hydrogen-bond acceptors (Lipinski definition) is 0. The highest BCUT2D eigenvalue weighted by atomic mass is 14.7. The molecule has 2 aromatic rings. The summed E-state index contributed by atoms with van der Waals surface area (Å²) >= 11 is 0. The predicted octanol–water partition coefficient (Wildman–Crippen LogP) is 4.61. The Balaban J connectivity index is 1.92. The topological polar surface area (TPSA) is 15.8 Å². The fourth-order valence-electron chi connectivity index (χ4n) is 2.91. The number of benzene rings is 1. The molecule has 0 aliphatic heterocycles. The molecule has 1 heterocycles. The lowest BCUT2D eigenvalue weighted by Crippen LogP contribution is -1.96. The van der Waals surface area contributed by atoms with E-state index >= 15 is 0 Å². The zero-order chi connectivity index (χ0) is 10.8. The first-order valence-electron chi connectivity index (χ1n) is 6.51. The quantitative estimate of drug-likeness (QED) is 0.666. The molecular weight excluding hydrogens is 194 g/mol. The van der Waals surface area contributed by atoms with Gasteiger partial charge in [-0.15, -0.1) is 0 Å². The molecule has 0 spiro atoms. The van der Waals surface area contributed by atoms with Crippen molar-refractivity contribution in [1.29, 1.82) is 0 Å². The van der Waals surface area contributed by atoms with Gasteiger partial charge in [-0.05, 0) is 36.3 Å². The number of para-hydroxylation sites is 1. The summed E-state index contributed by atoms with van der Waals surface area (Å²) in [6.45, 7) is 0. The Hall–Kier alpha value is -1.24. The third kappa shape index (κ3) is 1.87. The summed E-state index contributed by atoms with van der Waals surface area (Å²) in [6.07, 6.45) is 8.40. The summed E-state index contributed by atoms with van der Waals surface area (Å²) in [7, 11) is 0. The van der Waals surface area contributed by atoms with E-state index in [1.165, 1.54) is 55.1 Å². The lowest BCUT2D eigenvalue weighted by Gasteiger charge is -2.11. The molecular formula is C15H19N. The number of H-pyrrole nitrogens is 1. The zero-order valence-corrected chi connectivity index (χ0v) is 9.71. The van der Waals surface area contributed by atoms with Crippen molar-refractivity contribution in [3.8, 4) is 0 Å². The Labute approximate surface area is 96.9 Å². The molecule has 0 amide bonds. The van der Waals surface area contributed by atoms with Gasteiger partial charge in [0.25, 0.3) is 0 Å². The number of fused-ring (bicyclic) bond motifs is 1. The average Bonchev–Trinajstić information content (AvgIpc) is 2.56. The maximum absolute atomic E-state index is 3.59. The molecule has 0 unspecified atom stereocenters. The van der Waals surface area contributed by atoms with E-state index in [9.17, 15) is 0 Å². The SMILES string of the molecule is c1ccc2[nH]c(C3CCCCCC3)cc2c1. The maximum atomic E-state index is 3.59. The van der Waals surface area contributed by atoms with Crippen molar-refractivity contribution in [2.24, 2.45) is 0 Å². The van der Waals surface area contributed by atoms with Crippen molar-refractivity contribution in [2.45, 2.75) is 44.4 Å². The van der Waals surface area contributed by atoms with Gasteiger partial charge < -0.3 is 4.98 Å². The average molecular weight is 213 g/mol. The number of rotatable bonds is 1. The molecule has 1 aliphatic carbocycles. The van der Waals surface area contributed by atoms with Crippen molar-refractivity contribution in [3.63, 3.8) is 0 Å². The van der Waals surface area contributed by atoms with Crippen LogP contribution in [0.3, 0.4) is 0 Å². The molecule has 1 aromatic carbocycles. The van der Waals surface area contributed by atoms with E-state index in [1.54, 1.807) is 0 Å². The minimum absolute atomic E-state index is 0.773. The summed E-state index contributed by atoms with van der Waals surface area (Å²) in [4.78, 5) is 3.59. The first-order chi connectivity index (χ1) is 7.93. The highest BCUT2D eigenvalue weighted by Crippen LogP contribution is 2.32. The fourth-order valence-corrected chi connectivity index (χ4v) is 2.91. The van der Waals surface area contributed by atoms with Gasteiger partial charge in [-0.1, -0.05) is 43.9 Å². The van der Waals surface area contributed by atoms with Crippen molar-refractivity contribution in [2.75, 3.05) is 0 Å². The molecule has 1 nitrogen and oxygen atoms in total. The van der Waals surface area contributed by atoms with Gasteiger partial charge in [-0.25, -0.2) is 0 Å². The first-order valence-corrected chi connectivity index (χ1v) is 6.51. The normalized spacial score (nSPS) is 18.8. The monoisotopic (exact) mass is 213 g/mol. The van der Waals surface area contributed by atoms with Gasteiger partial charge in [0, 0.05) is 11.2 Å². The standard InChI is InChI=1S/C15H19N/c1-2-4-8-12(7-3-1)15-11-13-9-5-6-10-14(13)16-15/h5-6,9-12,16H,1-4,7-8H2. The molecule has 1 N–H and O–H groups in total. The van der Waals surface area contributed by atoms with Gasteiger partial charge in [0.05, 0.1) is 0 Å². The van der Waals surface area contributed by atoms with Crippen LogP contribution in [0, 0.1) is 0 Å². The van der Waals surface area contributed by atoms with Crippen LogP contribution in [0.1, 0.15) is 50.1 Å². The van der Waals surface area contributed by atoms with Crippen molar-refractivity contribution >= 4 is 10.9 Å². The van der Waals surface area contributed by atoms with Gasteiger partial charge in [0.1, 0.15) is 0 Å². The fraction of sp³-hybridized carbons (Fsp3) is 0.467. The Morgan fingerprint density at radius 1 is 0.938 bits per heavy atom. The Bertz CT molecular complexity index is 428. The summed E-state index contributed by atoms with van der Waals surface area (Å²) in [5, 5.41) is 1.36. The van der Waals surface area contributed by atoms with Gasteiger partial charge >= 0.3 is 0 Å². The van der Waals surface area contributed by atoms with Gasteiger partial charge in [-0.3, -0.25) is 0 Å². The van der Waals surface area contributed by atoms with Crippen LogP contribution in [0.4, 0.5) is 0 Å². The molecule has 0 atom stereocenters. The Kier molecular flexibility index (Phi) is 2.69. The van der Waals surface area contributed by atoms with E-state index in [2.05, 4.69) is 35.3 Å². The second-order valence-corrected chi connectivity index (χ2v) is 5.00. The highest BCUT2D eigenvalue weighted by Gasteiger charge is 2.15. The molecule has 1 saturated carbocycles. The zero-order valence-electron chi connectivity index (χ0n) is 9.71. The van der Waals surface area contributed by atoms with Crippen molar-refractivity contribution in [1.82, 2.24) is 4.98 Å². The number of nitrogens with one attached hydrogen (secondary N) is 1. The summed E-state index contributed by atoms with van der Waals surface area (Å²) in [5.74, 6) is 0.773. The van der Waals surface area contributed by atoms with E-state index in [4.69, 9.17) is 0 Å². The summed E-state index contributed by atoms with van der Waals surface area (Å²) in [6, 6.07) is 11.0. The minimum Gasteiger partial charge on any atom is -0.358 e. The lowest BCUT2D eigenvalue weighted by molar-refractivity contribution is 0.581. The molecule has 1 aromatic heterocycles. The molecule has 0 saturated heterocycles. The Morgan fingerprint density at radius 2 is 1.69 bits per heavy atom. The van der Waals surface area contributed by atoms with E-state index in [0.717, 1.165) is 5.92 Å². The van der Waals surface area contributed by atoms with Crippen LogP contribution < -0.4 is 0 Å². The number of aromatic nitrogens is 1. The molecule has 0 bridgehead atoms. The molecule has 16 heavy (non-hydrogen) atoms. The molecule has 3 rings (SSSR count). The van der Waals surface area contributed by atoms with Gasteiger partial charge in [0.2, 0.25) is 0 Å². The Morgan fingerprint density at radius 3 is 2.44 bits per heavy atom. The molecule has 1 fully saturated rings. The number of aromatic amines is 1. The largest absolute Gasteiger partial charge is 0.358 e. The molecule has 84 valence electrons. The third-order valence-corrected chi connectivity index (χ3v) is 3.85. The van der Waals surface area contributed by atoms with Crippen LogP contribution in [0.15, 0.2) is 30.3 Å². The van der Waals surface area contributed by atoms with Crippen LogP contribution in [-0.4, -0.2) is 4.98 Å². The van der Waals surface area contributed by atoms with Gasteiger partial charge in [-0.2, -0.15) is 0 Å². The van der Waals surface area contributed by atoms with Crippen LogP contribution >= 0.6 is 0 Å². The summed E-state index contributed by atoms with van der Waals surface area (Å²) in [5.41, 5.74) is 2.75. The third-order valence-electron chi connectivity index (χ3n) is 3.85. The van der Waals surface area contributed by atoms with E-state index in [-0.39, 0.29) is 0 Å². The molecule has 1 aliphatic rings. The van der Waals surface area contributed by atoms with Crippen molar-refractivity contribution < 1.29 is 0 Å². The summed E-state index contributed by atoms with van der Waals surface area (Å²) < 4.78 is 0. The smallest absolute Gasteiger partial charge is 0.0456 e. The lowest BCUT2D eigenvalue weighted by atomic mass is 9.97. The van der Waals surface area contributed by atoms with Gasteiger partial charge in [0.15, 0.2) is 0 Å². The highest BCUT2D eigenvalue weighted by molar-refractivity contribution is 5.80. The van der Waals surface area contributed by atoms with Crippen LogP contribution in [0.25, 0.3) is 10.9 Å². The predicted molar refractivity (Wildman–Crippen MR) is 68.7 cm³/mol. The van der Waals surface area contributed by atoms with E-state index in [0.29, 0.717) is 0 Å². The minimum atomic E-state index is 0.773. The van der Waals surface area contributed by atoms with Crippen LogP contribution in [-0.2, 0) is 0 Å². The van der Waals surface area contributed by atoms with Crippen LogP contribution in [0.5, 0.6) is 0 Å². The second-order valence-electron chi connectivity index (χ2n) is 5.00. The number of hydrogen-bond donors (Lipinski definition) is 1. The van der Waals surface area contributed by atoms with Crippen LogP contribution in [0.2, 0.25) is 0 Å². The second kappa shape index (κ2) is 4.32. The maximum Gasteiger partial charge on any atom is 0.0456 e. The first kappa shape index (κ1) is 9.95. The molecule has 1 heteroatoms. The molecule has 0 radical (unpaired) electrons.